The number of likely N-dealkylation sites (tertiary alicyclic amines) is 1. The van der Waals surface area contributed by atoms with Gasteiger partial charge in [0, 0.05) is 19.2 Å². The lowest BCUT2D eigenvalue weighted by Crippen LogP contribution is -2.40. The second-order valence-electron chi connectivity index (χ2n) is 10.9. The van der Waals surface area contributed by atoms with E-state index in [9.17, 15) is 17.6 Å². The lowest BCUT2D eigenvalue weighted by molar-refractivity contribution is 0.0832. The summed E-state index contributed by atoms with van der Waals surface area (Å²) in [5, 5.41) is 0. The predicted molar refractivity (Wildman–Crippen MR) is 135 cm³/mol. The second-order valence-corrected chi connectivity index (χ2v) is 12.7. The third-order valence-corrected chi connectivity index (χ3v) is 7.18. The average molecular weight is 503 g/mol. The zero-order valence-corrected chi connectivity index (χ0v) is 21.8. The Kier molecular flexibility index (Phi) is 7.25. The fourth-order valence-electron chi connectivity index (χ4n) is 4.59. The quantitative estimate of drug-likeness (QED) is 0.592. The van der Waals surface area contributed by atoms with Crippen LogP contribution in [0.4, 0.5) is 4.39 Å². The third-order valence-electron chi connectivity index (χ3n) is 6.62. The number of nitrogens with zero attached hydrogens (tertiary/aromatic N) is 1. The second kappa shape index (κ2) is 9.90. The molecule has 1 atom stereocenters. The maximum absolute atomic E-state index is 14.8. The molecule has 190 valence electrons. The van der Waals surface area contributed by atoms with Crippen LogP contribution in [-0.4, -0.2) is 44.7 Å². The van der Waals surface area contributed by atoms with Crippen molar-refractivity contribution in [3.8, 4) is 5.75 Å². The largest absolute Gasteiger partial charge is 0.489 e. The van der Waals surface area contributed by atoms with E-state index in [1.54, 1.807) is 0 Å². The van der Waals surface area contributed by atoms with Crippen LogP contribution in [0.25, 0.3) is 0 Å². The summed E-state index contributed by atoms with van der Waals surface area (Å²) >= 11 is 0. The smallest absolute Gasteiger partial charge is 0.267 e. The summed E-state index contributed by atoms with van der Waals surface area (Å²) in [5.41, 5.74) is 3.20. The van der Waals surface area contributed by atoms with Gasteiger partial charge in [-0.05, 0) is 66.3 Å². The van der Waals surface area contributed by atoms with E-state index in [2.05, 4.69) is 49.9 Å². The summed E-state index contributed by atoms with van der Waals surface area (Å²) in [6.45, 7) is 9.17. The molecular weight excluding hydrogens is 467 g/mol. The highest BCUT2D eigenvalue weighted by Gasteiger charge is 2.31. The van der Waals surface area contributed by atoms with Gasteiger partial charge in [-0.2, -0.15) is 0 Å². The summed E-state index contributed by atoms with van der Waals surface area (Å²) in [5.74, 6) is -1.07. The van der Waals surface area contributed by atoms with Crippen LogP contribution in [0.1, 0.15) is 79.4 Å². The Hall–Kier alpha value is -2.45. The number of hydrogen-bond donors (Lipinski definition) is 1. The molecule has 1 saturated heterocycles. The van der Waals surface area contributed by atoms with Crippen LogP contribution in [0.15, 0.2) is 36.4 Å². The molecule has 2 aromatic carbocycles. The van der Waals surface area contributed by atoms with E-state index in [0.717, 1.165) is 57.1 Å². The molecule has 0 radical (unpaired) electrons. The molecule has 1 saturated carbocycles. The minimum Gasteiger partial charge on any atom is -0.489 e. The van der Waals surface area contributed by atoms with Crippen molar-refractivity contribution >= 4 is 15.9 Å². The number of rotatable bonds is 7. The SMILES string of the molecule is CC(C)(C)c1ccc(CN2CCCC(Oc3cc(F)c(C(=O)NS(C)(=O)=O)cc3C3CC3)C2)cc1. The van der Waals surface area contributed by atoms with E-state index < -0.39 is 21.7 Å². The number of nitrogens with one attached hydrogen (secondary N) is 1. The fraction of sp³-hybridized carbons (Fsp3) is 0.519. The Labute approximate surface area is 207 Å². The van der Waals surface area contributed by atoms with Crippen molar-refractivity contribution in [2.24, 2.45) is 0 Å². The van der Waals surface area contributed by atoms with Crippen LogP contribution in [0.2, 0.25) is 0 Å². The maximum Gasteiger partial charge on any atom is 0.267 e. The highest BCUT2D eigenvalue weighted by molar-refractivity contribution is 7.89. The van der Waals surface area contributed by atoms with E-state index in [0.29, 0.717) is 5.75 Å². The molecular formula is C27H35FN2O4S. The fourth-order valence-corrected chi connectivity index (χ4v) is 5.03. The Morgan fingerprint density at radius 3 is 2.43 bits per heavy atom. The number of carbonyl (C=O) groups excluding carboxylic acids is 1. The van der Waals surface area contributed by atoms with Gasteiger partial charge in [0.05, 0.1) is 11.8 Å². The molecule has 1 aliphatic heterocycles. The van der Waals surface area contributed by atoms with Gasteiger partial charge in [-0.3, -0.25) is 9.69 Å². The molecule has 6 nitrogen and oxygen atoms in total. The Bertz CT molecular complexity index is 1180. The van der Waals surface area contributed by atoms with Gasteiger partial charge in [0.1, 0.15) is 17.7 Å². The van der Waals surface area contributed by atoms with Gasteiger partial charge in [-0.1, -0.05) is 45.0 Å². The Balaban J connectivity index is 1.45. The molecule has 1 amide bonds. The topological polar surface area (TPSA) is 75.7 Å². The molecule has 8 heteroatoms. The van der Waals surface area contributed by atoms with Crippen molar-refractivity contribution < 1.29 is 22.3 Å². The van der Waals surface area contributed by atoms with E-state index in [1.165, 1.54) is 23.3 Å². The summed E-state index contributed by atoms with van der Waals surface area (Å²) in [6, 6.07) is 11.5. The number of ether oxygens (including phenoxy) is 1. The van der Waals surface area contributed by atoms with Crippen molar-refractivity contribution in [3.63, 3.8) is 0 Å². The van der Waals surface area contributed by atoms with E-state index in [1.807, 2.05) is 4.72 Å². The lowest BCUT2D eigenvalue weighted by atomic mass is 9.86. The average Bonchev–Trinajstić information content (AvgIpc) is 3.58. The van der Waals surface area contributed by atoms with Crippen LogP contribution >= 0.6 is 0 Å². The first-order valence-electron chi connectivity index (χ1n) is 12.2. The summed E-state index contributed by atoms with van der Waals surface area (Å²) in [6.07, 6.45) is 4.54. The van der Waals surface area contributed by atoms with Crippen molar-refractivity contribution in [2.75, 3.05) is 19.3 Å². The van der Waals surface area contributed by atoms with Gasteiger partial charge >= 0.3 is 0 Å². The first-order valence-corrected chi connectivity index (χ1v) is 14.1. The first-order chi connectivity index (χ1) is 16.4. The minimum atomic E-state index is -3.78. The van der Waals surface area contributed by atoms with Crippen LogP contribution in [0, 0.1) is 5.82 Å². The summed E-state index contributed by atoms with van der Waals surface area (Å²) in [7, 11) is -3.78. The number of hydrogen-bond acceptors (Lipinski definition) is 5. The molecule has 1 aliphatic carbocycles. The highest BCUT2D eigenvalue weighted by atomic mass is 32.2. The summed E-state index contributed by atoms with van der Waals surface area (Å²) < 4.78 is 45.8. The van der Waals surface area contributed by atoms with Gasteiger partial charge in [0.25, 0.3) is 5.91 Å². The zero-order chi connectivity index (χ0) is 25.4. The molecule has 35 heavy (non-hydrogen) atoms. The van der Waals surface area contributed by atoms with Crippen molar-refractivity contribution in [3.05, 3.63) is 64.5 Å². The third kappa shape index (κ3) is 6.82. The van der Waals surface area contributed by atoms with Crippen LogP contribution in [-0.2, 0) is 22.0 Å². The van der Waals surface area contributed by atoms with Crippen molar-refractivity contribution in [2.45, 2.75) is 70.4 Å². The number of halogens is 1. The lowest BCUT2D eigenvalue weighted by Gasteiger charge is -2.33. The standard InChI is InChI=1S/C27H35FN2O4S/c1-27(2,3)20-11-7-18(8-12-20)16-30-13-5-6-21(17-30)34-25-15-24(28)23(14-22(25)19-9-10-19)26(31)29-35(4,32)33/h7-8,11-12,14-15,19,21H,5-6,9-10,13,16-17H2,1-4H3,(H,29,31). The van der Waals surface area contributed by atoms with Gasteiger partial charge < -0.3 is 4.74 Å². The summed E-state index contributed by atoms with van der Waals surface area (Å²) in [4.78, 5) is 14.7. The van der Waals surface area contributed by atoms with Crippen molar-refractivity contribution in [1.82, 2.24) is 9.62 Å². The van der Waals surface area contributed by atoms with Gasteiger partial charge in [0.2, 0.25) is 10.0 Å². The molecule has 2 aliphatic rings. The molecule has 1 unspecified atom stereocenters. The van der Waals surface area contributed by atoms with Gasteiger partial charge in [0.15, 0.2) is 0 Å². The molecule has 4 rings (SSSR count). The Morgan fingerprint density at radius 2 is 1.83 bits per heavy atom. The van der Waals surface area contributed by atoms with Gasteiger partial charge in [-0.25, -0.2) is 17.5 Å². The molecule has 0 bridgehead atoms. The molecule has 1 heterocycles. The van der Waals surface area contributed by atoms with Gasteiger partial charge in [-0.15, -0.1) is 0 Å². The maximum atomic E-state index is 14.8. The number of carbonyl (C=O) groups is 1. The zero-order valence-electron chi connectivity index (χ0n) is 20.9. The molecule has 0 aromatic heterocycles. The number of benzene rings is 2. The molecule has 0 spiro atoms. The van der Waals surface area contributed by atoms with E-state index in [-0.39, 0.29) is 23.0 Å². The predicted octanol–water partition coefficient (Wildman–Crippen LogP) is 4.73. The van der Waals surface area contributed by atoms with E-state index >= 15 is 0 Å². The van der Waals surface area contributed by atoms with Crippen molar-refractivity contribution in [1.29, 1.82) is 0 Å². The highest BCUT2D eigenvalue weighted by Crippen LogP contribution is 2.45. The molecule has 1 N–H and O–H groups in total. The Morgan fingerprint density at radius 1 is 1.14 bits per heavy atom. The van der Waals surface area contributed by atoms with Crippen LogP contribution in [0.3, 0.4) is 0 Å². The van der Waals surface area contributed by atoms with E-state index in [4.69, 9.17) is 4.74 Å². The number of piperidine rings is 1. The van der Waals surface area contributed by atoms with Crippen LogP contribution < -0.4 is 9.46 Å². The first kappa shape index (κ1) is 25.6. The minimum absolute atomic E-state index is 0.0785. The normalized spacial score (nSPS) is 19.4. The number of sulfonamides is 1. The van der Waals surface area contributed by atoms with Crippen LogP contribution in [0.5, 0.6) is 5.75 Å². The molecule has 2 aromatic rings. The molecule has 2 fully saturated rings. The number of amides is 1. The monoisotopic (exact) mass is 502 g/mol.